The van der Waals surface area contributed by atoms with Crippen molar-refractivity contribution in [2.24, 2.45) is 0 Å². The third-order valence-corrected chi connectivity index (χ3v) is 5.11. The number of methoxy groups -OCH3 is 1. The quantitative estimate of drug-likeness (QED) is 0.157. The number of rotatable bonds is 7. The van der Waals surface area contributed by atoms with Crippen LogP contribution in [0.5, 0.6) is 17.2 Å². The van der Waals surface area contributed by atoms with Gasteiger partial charge in [-0.3, -0.25) is 9.59 Å². The Balaban J connectivity index is -0.000000253. The summed E-state index contributed by atoms with van der Waals surface area (Å²) in [6, 6.07) is 13.7. The molecule has 0 aliphatic carbocycles. The van der Waals surface area contributed by atoms with E-state index in [2.05, 4.69) is 11.8 Å². The molecule has 1 N–H and O–H groups in total. The molecule has 0 bridgehead atoms. The molecule has 2 atom stereocenters. The molecular weight excluding hydrogens is 603 g/mol. The molecule has 2 fully saturated rings. The molecule has 42 heavy (non-hydrogen) atoms. The molecule has 13 heteroatoms. The van der Waals surface area contributed by atoms with Crippen LogP contribution < -0.4 is 118 Å². The van der Waals surface area contributed by atoms with E-state index in [1.54, 1.807) is 19.2 Å². The maximum atomic E-state index is 10.0. The van der Waals surface area contributed by atoms with Gasteiger partial charge in [0.05, 0.1) is 26.4 Å². The Hall–Kier alpha value is 0.0527. The van der Waals surface area contributed by atoms with Gasteiger partial charge >= 0.3 is 103 Å². The first-order chi connectivity index (χ1) is 18.5. The number of ether oxygens (including phenoxy) is 6. The first-order valence-electron chi connectivity index (χ1n) is 12.3. The monoisotopic (exact) mass is 646 g/mol. The van der Waals surface area contributed by atoms with Gasteiger partial charge in [-0.05, 0) is 58.4 Å². The Morgan fingerprint density at radius 2 is 1.48 bits per heavy atom. The Kier molecular flexibility index (Phi) is 28.0. The summed E-state index contributed by atoms with van der Waals surface area (Å²) in [5.41, 5.74) is 0.495. The van der Waals surface area contributed by atoms with Gasteiger partial charge < -0.3 is 45.1 Å². The molecule has 2 heterocycles. The average molecular weight is 647 g/mol. The second-order valence-corrected chi connectivity index (χ2v) is 9.20. The summed E-state index contributed by atoms with van der Waals surface area (Å²) in [6.07, 6.45) is 2.04. The van der Waals surface area contributed by atoms with Crippen LogP contribution in [0.4, 0.5) is 0 Å². The normalized spacial score (nSPS) is 18.5. The standard InChI is InChI=1S/C13H18O4.C7H14O2.C7H6O2.CH2O3.CH4.2K.H/c1-13(2)16-9-12(17-13)8-15-11-6-4-5-10(7-11)14-3;1-4-6-5-8-7(2,3)9-6;8-5-6-2-1-3-7(9)4-6;2-1-4-3;;;;/h4-7,12H,8-9H2,1-3H3;6H,4-5H2,1-3H3;1-5,9H;1,3H;1H4;;;/q;;;;;2*+1;-1/p-1. The molecule has 4 rings (SSSR count). The number of carbonyl (C=O) groups is 2. The Morgan fingerprint density at radius 3 is 1.86 bits per heavy atom. The summed E-state index contributed by atoms with van der Waals surface area (Å²) in [7, 11) is 1.63. The minimum absolute atomic E-state index is 0. The van der Waals surface area contributed by atoms with Gasteiger partial charge in [0.2, 0.25) is 0 Å². The van der Waals surface area contributed by atoms with Crippen LogP contribution in [-0.2, 0) is 28.6 Å². The van der Waals surface area contributed by atoms with E-state index in [1.165, 1.54) is 12.1 Å². The summed E-state index contributed by atoms with van der Waals surface area (Å²) in [5.74, 6) is 0.854. The predicted molar refractivity (Wildman–Crippen MR) is 147 cm³/mol. The van der Waals surface area contributed by atoms with Crippen LogP contribution in [0.3, 0.4) is 0 Å². The molecule has 0 saturated carbocycles. The number of carbonyl (C=O) groups excluding carboxylic acids is 2. The van der Waals surface area contributed by atoms with Gasteiger partial charge in [-0.25, -0.2) is 0 Å². The fraction of sp³-hybridized carbons (Fsp3) is 0.517. The van der Waals surface area contributed by atoms with Gasteiger partial charge in [-0.15, -0.1) is 0 Å². The fourth-order valence-corrected chi connectivity index (χ4v) is 3.29. The molecule has 2 unspecified atom stereocenters. The predicted octanol–water partition coefficient (Wildman–Crippen LogP) is -1.83. The first kappa shape index (κ1) is 46.5. The van der Waals surface area contributed by atoms with E-state index < -0.39 is 5.79 Å². The SMILES string of the molecule is C.CCC1COC(C)(C)O1.COc1cccc(OCC2COC(C)(C)O2)c1.O=CO[O-].O=Cc1cccc(O)c1.[H-].[K+].[K+]. The molecule has 2 aliphatic rings. The second kappa shape index (κ2) is 25.3. The fourth-order valence-electron chi connectivity index (χ4n) is 3.29. The molecule has 0 spiro atoms. The molecule has 2 aromatic rings. The maximum absolute atomic E-state index is 10.0. The summed E-state index contributed by atoms with van der Waals surface area (Å²) in [6.45, 7) is 11.4. The van der Waals surface area contributed by atoms with E-state index in [-0.39, 0.29) is 136 Å². The van der Waals surface area contributed by atoms with Crippen LogP contribution >= 0.6 is 0 Å². The molecule has 0 aromatic heterocycles. The van der Waals surface area contributed by atoms with Crippen LogP contribution in [0.1, 0.15) is 60.3 Å². The molecule has 228 valence electrons. The van der Waals surface area contributed by atoms with Crippen molar-refractivity contribution < 1.29 is 157 Å². The molecule has 2 saturated heterocycles. The van der Waals surface area contributed by atoms with E-state index in [9.17, 15) is 4.79 Å². The van der Waals surface area contributed by atoms with Crippen LogP contribution in [-0.4, -0.2) is 68.6 Å². The summed E-state index contributed by atoms with van der Waals surface area (Å²) >= 11 is 0. The van der Waals surface area contributed by atoms with Crippen molar-refractivity contribution in [1.82, 2.24) is 0 Å². The number of aromatic hydroxyl groups is 1. The van der Waals surface area contributed by atoms with Crippen LogP contribution in [0, 0.1) is 0 Å². The van der Waals surface area contributed by atoms with Crippen molar-refractivity contribution >= 4 is 12.8 Å². The van der Waals surface area contributed by atoms with Gasteiger partial charge in [0, 0.05) is 11.6 Å². The van der Waals surface area contributed by atoms with E-state index >= 15 is 0 Å². The molecule has 0 amide bonds. The zero-order chi connectivity index (χ0) is 29.3. The molecule has 2 aromatic carbocycles. The number of hydrogen-bond donors (Lipinski definition) is 1. The van der Waals surface area contributed by atoms with Gasteiger partial charge in [-0.1, -0.05) is 32.5 Å². The van der Waals surface area contributed by atoms with E-state index in [1.807, 2.05) is 52.0 Å². The Labute approximate surface area is 336 Å². The van der Waals surface area contributed by atoms with E-state index in [0.717, 1.165) is 24.5 Å². The topological polar surface area (TPSA) is 142 Å². The minimum atomic E-state index is -0.498. The smallest absolute Gasteiger partial charge is 1.00 e. The van der Waals surface area contributed by atoms with Gasteiger partial charge in [0.15, 0.2) is 11.6 Å². The number of phenols is 1. The van der Waals surface area contributed by atoms with Crippen molar-refractivity contribution in [2.75, 3.05) is 26.9 Å². The van der Waals surface area contributed by atoms with Crippen LogP contribution in [0.2, 0.25) is 0 Å². The van der Waals surface area contributed by atoms with Crippen LogP contribution in [0.25, 0.3) is 0 Å². The van der Waals surface area contributed by atoms with Gasteiger partial charge in [0.25, 0.3) is 6.47 Å². The number of benzene rings is 2. The Bertz CT molecular complexity index is 996. The van der Waals surface area contributed by atoms with Crippen molar-refractivity contribution in [1.29, 1.82) is 0 Å². The second-order valence-electron chi connectivity index (χ2n) is 9.20. The van der Waals surface area contributed by atoms with E-state index in [0.29, 0.717) is 31.2 Å². The third-order valence-electron chi connectivity index (χ3n) is 5.11. The largest absolute Gasteiger partial charge is 1.00 e. The van der Waals surface area contributed by atoms with Crippen molar-refractivity contribution in [3.63, 3.8) is 0 Å². The summed E-state index contributed by atoms with van der Waals surface area (Å²) < 4.78 is 32.7. The number of phenolic OH excluding ortho intramolecular Hbond substituents is 1. The summed E-state index contributed by atoms with van der Waals surface area (Å²) in [4.78, 5) is 21.3. The zero-order valence-corrected chi connectivity index (χ0v) is 31.5. The first-order valence-corrected chi connectivity index (χ1v) is 12.3. The van der Waals surface area contributed by atoms with Crippen molar-refractivity contribution in [2.45, 2.75) is 72.2 Å². The van der Waals surface area contributed by atoms with Gasteiger partial charge in [-0.2, -0.15) is 0 Å². The van der Waals surface area contributed by atoms with Crippen molar-refractivity contribution in [3.05, 3.63) is 54.1 Å². The maximum Gasteiger partial charge on any atom is 1.00 e. The molecule has 11 nitrogen and oxygen atoms in total. The molecular formula is C29H44K2O11. The van der Waals surface area contributed by atoms with Crippen molar-refractivity contribution in [3.8, 4) is 17.2 Å². The van der Waals surface area contributed by atoms with Crippen LogP contribution in [0.15, 0.2) is 48.5 Å². The number of aldehydes is 1. The Morgan fingerprint density at radius 1 is 0.952 bits per heavy atom. The minimum Gasteiger partial charge on any atom is -1.00 e. The molecule has 2 aliphatic heterocycles. The summed E-state index contributed by atoms with van der Waals surface area (Å²) in [5, 5.41) is 17.2. The third kappa shape index (κ3) is 20.9. The molecule has 0 radical (unpaired) electrons. The average Bonchev–Trinajstić information content (AvgIpc) is 3.48. The van der Waals surface area contributed by atoms with Gasteiger partial charge in [0.1, 0.15) is 36.2 Å². The zero-order valence-electron chi connectivity index (χ0n) is 26.3. The number of hydrogen-bond acceptors (Lipinski definition) is 11. The van der Waals surface area contributed by atoms with E-state index in [4.69, 9.17) is 43.6 Å².